The van der Waals surface area contributed by atoms with Crippen molar-refractivity contribution in [1.82, 2.24) is 0 Å². The number of hydrogen-bond donors (Lipinski definition) is 0. The Bertz CT molecular complexity index is 432. The predicted octanol–water partition coefficient (Wildman–Crippen LogP) is -0.196. The molecule has 0 bridgehead atoms. The standard InChI is InChI=1S/6CH2.Zn/h6*1H2;. The molecule has 0 aliphatic carbocycles. The molecule has 0 fully saturated rings. The molecule has 0 rings (SSSR count). The van der Waals surface area contributed by atoms with Gasteiger partial charge in [0.05, 0.1) is 0 Å². The van der Waals surface area contributed by atoms with Crippen molar-refractivity contribution < 1.29 is 9.71 Å². The van der Waals surface area contributed by atoms with Crippen LogP contribution in [0, 0.1) is 0 Å². The Hall–Kier alpha value is -0.157. The summed E-state index contributed by atoms with van der Waals surface area (Å²) in [6.45, 7) is 0. The van der Waals surface area contributed by atoms with Gasteiger partial charge in [0.15, 0.2) is 0 Å². The van der Waals surface area contributed by atoms with Gasteiger partial charge in [0.2, 0.25) is 0 Å². The van der Waals surface area contributed by atoms with E-state index >= 15 is 0 Å². The molecular formula is C6H12Zn. The van der Waals surface area contributed by atoms with Crippen molar-refractivity contribution in [3.63, 3.8) is 0 Å². The summed E-state index contributed by atoms with van der Waals surface area (Å²) in [6, 6.07) is 0. The molecule has 0 nitrogen and oxygen atoms in total. The van der Waals surface area contributed by atoms with Gasteiger partial charge in [0, 0.05) is 0 Å². The molecule has 0 aliphatic heterocycles. The Balaban J connectivity index is 8.86. The summed E-state index contributed by atoms with van der Waals surface area (Å²) >= 11 is 0. The van der Waals surface area contributed by atoms with Gasteiger partial charge in [0.1, 0.15) is 0 Å². The first-order chi connectivity index (χ1) is 2.45. The van der Waals surface area contributed by atoms with E-state index < -0.39 is 9.71 Å². The Kier molecular flexibility index (Phi) is 0.608. The molecule has 0 N–H and O–H groups in total. The molecule has 0 radical (unpaired) electrons. The van der Waals surface area contributed by atoms with Crippen LogP contribution in [-0.2, 0) is 9.71 Å². The quantitative estimate of drug-likeness (QED) is 0.419. The van der Waals surface area contributed by atoms with Gasteiger partial charge in [-0.3, -0.25) is 0 Å². The number of hydrogen-bond acceptors (Lipinski definition) is 0. The van der Waals surface area contributed by atoms with Gasteiger partial charge >= 0.3 is 40.4 Å². The summed E-state index contributed by atoms with van der Waals surface area (Å²) < 4.78 is 0. The van der Waals surface area contributed by atoms with Crippen molar-refractivity contribution in [3.8, 4) is 0 Å². The van der Waals surface area contributed by atoms with Crippen molar-refractivity contribution in [3.05, 3.63) is 0 Å². The molecule has 1 heteroatoms. The van der Waals surface area contributed by atoms with Crippen LogP contribution in [-0.4, -0.2) is 30.7 Å². The van der Waals surface area contributed by atoms with Gasteiger partial charge in [-0.2, -0.15) is 0 Å². The zero-order valence-electron chi connectivity index (χ0n) is 4.95. The summed E-state index contributed by atoms with van der Waals surface area (Å²) in [6.07, 6.45) is 0. The SMILES string of the molecule is [CH2]=[Zn](=[CH2])(=[CH2])(=[CH2])(=[CH2])=[CH2]. The summed E-state index contributed by atoms with van der Waals surface area (Å²) in [7, 11) is -3.88. The first-order valence-electron chi connectivity index (χ1n) is 3.00. The molecule has 7 heavy (non-hydrogen) atoms. The van der Waals surface area contributed by atoms with Crippen LogP contribution in [0.15, 0.2) is 0 Å². The van der Waals surface area contributed by atoms with Crippen molar-refractivity contribution in [2.75, 3.05) is 0 Å². The van der Waals surface area contributed by atoms with Crippen LogP contribution < -0.4 is 0 Å². The van der Waals surface area contributed by atoms with Crippen molar-refractivity contribution in [1.29, 1.82) is 0 Å². The van der Waals surface area contributed by atoms with Crippen LogP contribution in [0.2, 0.25) is 0 Å². The van der Waals surface area contributed by atoms with E-state index in [9.17, 15) is 0 Å². The Labute approximate surface area is 40.8 Å². The van der Waals surface area contributed by atoms with E-state index in [1.807, 2.05) is 0 Å². The predicted molar refractivity (Wildman–Crippen MR) is 42.7 cm³/mol. The number of rotatable bonds is 0. The molecular weight excluding hydrogens is 137 g/mol. The van der Waals surface area contributed by atoms with Crippen LogP contribution in [0.3, 0.4) is 0 Å². The molecule has 0 aliphatic rings. The maximum atomic E-state index is 3.69. The second kappa shape index (κ2) is 0.622. The normalized spacial score (nSPS) is 22.3. The molecule has 0 amide bonds. The maximum absolute atomic E-state index is 3.88. The van der Waals surface area contributed by atoms with E-state index in [1.54, 1.807) is 0 Å². The van der Waals surface area contributed by atoms with Gasteiger partial charge in [-0.1, -0.05) is 0 Å². The zero-order valence-corrected chi connectivity index (χ0v) is 7.92. The average molecular weight is 150 g/mol. The van der Waals surface area contributed by atoms with Crippen molar-refractivity contribution in [2.24, 2.45) is 0 Å². The first kappa shape index (κ1) is 6.84. The third-order valence-electron chi connectivity index (χ3n) is 0. The molecule has 0 atom stereocenters. The second-order valence-corrected chi connectivity index (χ2v) is 27.6. The van der Waals surface area contributed by atoms with Crippen LogP contribution in [0.25, 0.3) is 0 Å². The van der Waals surface area contributed by atoms with E-state index in [2.05, 4.69) is 30.7 Å². The molecule has 0 aromatic heterocycles. The minimum absolute atomic E-state index is 3.69. The third kappa shape index (κ3) is 3520. The van der Waals surface area contributed by atoms with Crippen LogP contribution >= 0.6 is 0 Å². The first-order valence-corrected chi connectivity index (χ1v) is 15.6. The molecule has 0 aromatic rings. The molecule has 0 unspecified atom stereocenters. The fourth-order valence-electron chi connectivity index (χ4n) is 0. The topological polar surface area (TPSA) is 0 Å². The zero-order chi connectivity index (χ0) is 6.41. The molecule has 0 spiro atoms. The Morgan fingerprint density at radius 3 is 0.571 bits per heavy atom. The monoisotopic (exact) mass is 148 g/mol. The van der Waals surface area contributed by atoms with E-state index in [1.165, 1.54) is 0 Å². The van der Waals surface area contributed by atoms with Crippen LogP contribution in [0.5, 0.6) is 0 Å². The summed E-state index contributed by atoms with van der Waals surface area (Å²) in [5.41, 5.74) is 0. The molecule has 38 valence electrons. The van der Waals surface area contributed by atoms with Crippen molar-refractivity contribution in [2.45, 2.75) is 0 Å². The summed E-state index contributed by atoms with van der Waals surface area (Å²) in [5, 5.41) is 22.1. The van der Waals surface area contributed by atoms with E-state index in [0.717, 1.165) is 0 Å². The summed E-state index contributed by atoms with van der Waals surface area (Å²) in [4.78, 5) is 0. The van der Waals surface area contributed by atoms with Gasteiger partial charge in [-0.05, 0) is 0 Å². The van der Waals surface area contributed by atoms with Crippen LogP contribution in [0.4, 0.5) is 0 Å². The second-order valence-electron chi connectivity index (χ2n) is 5.30. The van der Waals surface area contributed by atoms with Gasteiger partial charge in [-0.15, -0.1) is 0 Å². The Morgan fingerprint density at radius 1 is 0.571 bits per heavy atom. The van der Waals surface area contributed by atoms with Gasteiger partial charge < -0.3 is 0 Å². The fourth-order valence-corrected chi connectivity index (χ4v) is 0. The molecule has 0 saturated carbocycles. The van der Waals surface area contributed by atoms with E-state index in [-0.39, 0.29) is 0 Å². The minimum atomic E-state index is -3.88. The molecule has 0 aromatic carbocycles. The van der Waals surface area contributed by atoms with Crippen LogP contribution in [0.1, 0.15) is 0 Å². The van der Waals surface area contributed by atoms with Gasteiger partial charge in [0.25, 0.3) is 0 Å². The third-order valence-corrected chi connectivity index (χ3v) is 0. The van der Waals surface area contributed by atoms with Crippen molar-refractivity contribution >= 4 is 30.7 Å². The average Bonchev–Trinajstić information content (AvgIpc) is 0.592. The molecule has 0 saturated heterocycles. The fraction of sp³-hybridized carbons (Fsp3) is 0. The summed E-state index contributed by atoms with van der Waals surface area (Å²) in [5.74, 6) is 0. The molecule has 0 heterocycles. The van der Waals surface area contributed by atoms with E-state index in [0.29, 0.717) is 0 Å². The Morgan fingerprint density at radius 2 is 0.571 bits per heavy atom. The van der Waals surface area contributed by atoms with E-state index in [4.69, 9.17) is 0 Å². The van der Waals surface area contributed by atoms with Gasteiger partial charge in [-0.25, -0.2) is 0 Å².